The highest BCUT2D eigenvalue weighted by molar-refractivity contribution is 5.39. The van der Waals surface area contributed by atoms with E-state index in [1.807, 2.05) is 0 Å². The highest BCUT2D eigenvalue weighted by Crippen LogP contribution is 2.52. The predicted molar refractivity (Wildman–Crippen MR) is 84.1 cm³/mol. The van der Waals surface area contributed by atoms with Crippen LogP contribution in [0.3, 0.4) is 0 Å². The Hall–Kier alpha value is -1.10. The van der Waals surface area contributed by atoms with E-state index in [0.29, 0.717) is 6.42 Å². The maximum absolute atomic E-state index is 14.7. The summed E-state index contributed by atoms with van der Waals surface area (Å²) < 4.78 is 62.5. The number of hydrogen-bond acceptors (Lipinski definition) is 1. The molecule has 3 rings (SSSR count). The minimum absolute atomic E-state index is 0.0913. The van der Waals surface area contributed by atoms with Crippen LogP contribution >= 0.6 is 0 Å². The van der Waals surface area contributed by atoms with Gasteiger partial charge in [0.15, 0.2) is 11.6 Å². The van der Waals surface area contributed by atoms with Crippen LogP contribution in [0.4, 0.5) is 17.6 Å². The molecule has 3 unspecified atom stereocenters. The molecule has 0 bridgehead atoms. The SMILES string of the molecule is CCCCCC1CCC(C2Cc3ccc(F)c(F)c3C2(F)F)CO1. The van der Waals surface area contributed by atoms with Gasteiger partial charge in [0.05, 0.1) is 18.3 Å². The molecule has 0 N–H and O–H groups in total. The molecule has 1 aromatic rings. The first-order chi connectivity index (χ1) is 11.4. The van der Waals surface area contributed by atoms with Crippen molar-refractivity contribution in [1.82, 2.24) is 0 Å². The summed E-state index contributed by atoms with van der Waals surface area (Å²) >= 11 is 0. The summed E-state index contributed by atoms with van der Waals surface area (Å²) in [4.78, 5) is 0. The largest absolute Gasteiger partial charge is 0.378 e. The number of hydrogen-bond donors (Lipinski definition) is 0. The lowest BCUT2D eigenvalue weighted by Crippen LogP contribution is -2.36. The summed E-state index contributed by atoms with van der Waals surface area (Å²) in [5.41, 5.74) is -0.508. The highest BCUT2D eigenvalue weighted by atomic mass is 19.3. The lowest BCUT2D eigenvalue weighted by atomic mass is 9.82. The van der Waals surface area contributed by atoms with Gasteiger partial charge in [-0.1, -0.05) is 32.3 Å². The normalized spacial score (nSPS) is 28.8. The first-order valence-electron chi connectivity index (χ1n) is 8.91. The molecule has 0 amide bonds. The monoisotopic (exact) mass is 344 g/mol. The van der Waals surface area contributed by atoms with E-state index in [-0.39, 0.29) is 30.6 Å². The van der Waals surface area contributed by atoms with Crippen LogP contribution in [0.5, 0.6) is 0 Å². The fourth-order valence-electron chi connectivity index (χ4n) is 4.13. The van der Waals surface area contributed by atoms with Gasteiger partial charge in [0.25, 0.3) is 5.92 Å². The maximum Gasteiger partial charge on any atom is 0.279 e. The molecule has 0 aromatic heterocycles. The van der Waals surface area contributed by atoms with Crippen LogP contribution in [-0.2, 0) is 17.1 Å². The number of ether oxygens (including phenoxy) is 1. The van der Waals surface area contributed by atoms with Gasteiger partial charge in [0, 0.05) is 5.92 Å². The van der Waals surface area contributed by atoms with Crippen molar-refractivity contribution in [3.63, 3.8) is 0 Å². The van der Waals surface area contributed by atoms with Gasteiger partial charge in [-0.2, -0.15) is 0 Å². The summed E-state index contributed by atoms with van der Waals surface area (Å²) in [7, 11) is 0. The van der Waals surface area contributed by atoms with Crippen molar-refractivity contribution < 1.29 is 22.3 Å². The number of halogens is 4. The standard InChI is InChI=1S/C19H24F4O/c1-2-3-4-5-14-8-6-13(11-24-14)15-10-12-7-9-16(20)18(21)17(12)19(15,22)23/h7,9,13-15H,2-6,8,10-11H2,1H3. The number of rotatable bonds is 5. The first kappa shape index (κ1) is 17.7. The van der Waals surface area contributed by atoms with Crippen molar-refractivity contribution >= 4 is 0 Å². The molecule has 1 aliphatic heterocycles. The Morgan fingerprint density at radius 1 is 1.17 bits per heavy atom. The molecule has 1 fully saturated rings. The fourth-order valence-corrected chi connectivity index (χ4v) is 4.13. The van der Waals surface area contributed by atoms with E-state index < -0.39 is 29.0 Å². The van der Waals surface area contributed by atoms with Crippen molar-refractivity contribution in [1.29, 1.82) is 0 Å². The minimum Gasteiger partial charge on any atom is -0.378 e. The average Bonchev–Trinajstić information content (AvgIpc) is 2.83. The zero-order valence-corrected chi connectivity index (χ0v) is 14.0. The lowest BCUT2D eigenvalue weighted by molar-refractivity contribution is -0.116. The van der Waals surface area contributed by atoms with E-state index in [1.165, 1.54) is 6.07 Å². The zero-order valence-electron chi connectivity index (χ0n) is 14.0. The summed E-state index contributed by atoms with van der Waals surface area (Å²) in [5, 5.41) is 0. The fraction of sp³-hybridized carbons (Fsp3) is 0.684. The topological polar surface area (TPSA) is 9.23 Å². The molecule has 1 aliphatic carbocycles. The van der Waals surface area contributed by atoms with Gasteiger partial charge in [0.2, 0.25) is 0 Å². The van der Waals surface area contributed by atoms with Crippen LogP contribution in [0.15, 0.2) is 12.1 Å². The van der Waals surface area contributed by atoms with Gasteiger partial charge < -0.3 is 4.74 Å². The van der Waals surface area contributed by atoms with Crippen LogP contribution in [0.1, 0.15) is 56.6 Å². The second kappa shape index (κ2) is 7.03. The molecule has 24 heavy (non-hydrogen) atoms. The van der Waals surface area contributed by atoms with E-state index in [4.69, 9.17) is 4.74 Å². The molecule has 1 nitrogen and oxygen atoms in total. The Kier molecular flexibility index (Phi) is 5.19. The van der Waals surface area contributed by atoms with Gasteiger partial charge in [-0.15, -0.1) is 0 Å². The van der Waals surface area contributed by atoms with E-state index in [0.717, 1.165) is 38.2 Å². The molecule has 2 aliphatic rings. The Morgan fingerprint density at radius 3 is 2.62 bits per heavy atom. The molecule has 0 spiro atoms. The summed E-state index contributed by atoms with van der Waals surface area (Å²) in [6.45, 7) is 2.43. The molecule has 1 heterocycles. The molecule has 3 atom stereocenters. The number of alkyl halides is 2. The second-order valence-corrected chi connectivity index (χ2v) is 7.12. The van der Waals surface area contributed by atoms with Crippen LogP contribution in [0.25, 0.3) is 0 Å². The van der Waals surface area contributed by atoms with Crippen molar-refractivity contribution in [3.05, 3.63) is 34.9 Å². The van der Waals surface area contributed by atoms with Gasteiger partial charge in [0.1, 0.15) is 0 Å². The molecule has 0 radical (unpaired) electrons. The Balaban J connectivity index is 1.66. The van der Waals surface area contributed by atoms with Gasteiger partial charge in [-0.3, -0.25) is 0 Å². The lowest BCUT2D eigenvalue weighted by Gasteiger charge is -2.35. The third-order valence-corrected chi connectivity index (χ3v) is 5.52. The van der Waals surface area contributed by atoms with E-state index >= 15 is 0 Å². The molecule has 1 saturated heterocycles. The van der Waals surface area contributed by atoms with E-state index in [1.54, 1.807) is 0 Å². The van der Waals surface area contributed by atoms with Crippen LogP contribution in [0, 0.1) is 23.5 Å². The maximum atomic E-state index is 14.7. The highest BCUT2D eigenvalue weighted by Gasteiger charge is 2.54. The second-order valence-electron chi connectivity index (χ2n) is 7.12. The van der Waals surface area contributed by atoms with Crippen LogP contribution in [-0.4, -0.2) is 12.7 Å². The Labute approximate surface area is 140 Å². The van der Waals surface area contributed by atoms with Gasteiger partial charge in [-0.25, -0.2) is 17.6 Å². The molecule has 1 aromatic carbocycles. The minimum atomic E-state index is -3.33. The van der Waals surface area contributed by atoms with Crippen molar-refractivity contribution in [2.45, 2.75) is 63.9 Å². The summed E-state index contributed by atoms with van der Waals surface area (Å²) in [5.74, 6) is -7.23. The molecule has 0 saturated carbocycles. The van der Waals surface area contributed by atoms with Crippen molar-refractivity contribution in [2.24, 2.45) is 11.8 Å². The smallest absolute Gasteiger partial charge is 0.279 e. The summed E-state index contributed by atoms with van der Waals surface area (Å²) in [6.07, 6.45) is 6.05. The predicted octanol–water partition coefficient (Wildman–Crippen LogP) is 5.60. The summed E-state index contributed by atoms with van der Waals surface area (Å²) in [6, 6.07) is 2.23. The van der Waals surface area contributed by atoms with Crippen molar-refractivity contribution in [3.8, 4) is 0 Å². The van der Waals surface area contributed by atoms with Crippen LogP contribution < -0.4 is 0 Å². The third kappa shape index (κ3) is 3.19. The zero-order chi connectivity index (χ0) is 17.3. The van der Waals surface area contributed by atoms with Gasteiger partial charge >= 0.3 is 0 Å². The number of fused-ring (bicyclic) bond motifs is 1. The quantitative estimate of drug-likeness (QED) is 0.499. The van der Waals surface area contributed by atoms with Crippen LogP contribution in [0.2, 0.25) is 0 Å². The average molecular weight is 344 g/mol. The van der Waals surface area contributed by atoms with E-state index in [2.05, 4.69) is 6.92 Å². The number of benzene rings is 1. The Bertz CT molecular complexity index is 579. The van der Waals surface area contributed by atoms with Gasteiger partial charge in [-0.05, 0) is 43.2 Å². The van der Waals surface area contributed by atoms with E-state index in [9.17, 15) is 17.6 Å². The first-order valence-corrected chi connectivity index (χ1v) is 8.91. The molecule has 5 heteroatoms. The molecular weight excluding hydrogens is 320 g/mol. The molecular formula is C19H24F4O. The van der Waals surface area contributed by atoms with Crippen molar-refractivity contribution in [2.75, 3.05) is 6.61 Å². The molecule has 134 valence electrons. The third-order valence-electron chi connectivity index (χ3n) is 5.52. The number of unbranched alkanes of at least 4 members (excludes halogenated alkanes) is 2. The Morgan fingerprint density at radius 2 is 1.96 bits per heavy atom.